The first kappa shape index (κ1) is 17.0. The second kappa shape index (κ2) is 8.97. The monoisotopic (exact) mass is 269 g/mol. The smallest absolute Gasteiger partial charge is 0.0834 e. The van der Waals surface area contributed by atoms with Crippen molar-refractivity contribution in [2.45, 2.75) is 90.2 Å². The number of ether oxygens (including phenoxy) is 1. The lowest BCUT2D eigenvalue weighted by Crippen LogP contribution is -2.52. The molecule has 0 aliphatic heterocycles. The van der Waals surface area contributed by atoms with Gasteiger partial charge in [-0.2, -0.15) is 0 Å². The highest BCUT2D eigenvalue weighted by atomic mass is 16.5. The van der Waals surface area contributed by atoms with E-state index in [9.17, 15) is 0 Å². The van der Waals surface area contributed by atoms with Gasteiger partial charge in [0.2, 0.25) is 0 Å². The third kappa shape index (κ3) is 5.07. The van der Waals surface area contributed by atoms with Crippen LogP contribution in [0.25, 0.3) is 0 Å². The van der Waals surface area contributed by atoms with Crippen LogP contribution in [0.4, 0.5) is 0 Å². The molecule has 2 heteroatoms. The molecule has 0 radical (unpaired) electrons. The molecule has 1 N–H and O–H groups in total. The SMILES string of the molecule is CCCC(C)CC(NC)C1(OCC)CCCCCC1. The molecule has 1 aliphatic rings. The van der Waals surface area contributed by atoms with E-state index in [1.54, 1.807) is 0 Å². The molecule has 0 heterocycles. The Balaban J connectivity index is 2.73. The molecule has 1 fully saturated rings. The average Bonchev–Trinajstić information content (AvgIpc) is 2.63. The Morgan fingerprint density at radius 3 is 2.21 bits per heavy atom. The van der Waals surface area contributed by atoms with Gasteiger partial charge in [-0.15, -0.1) is 0 Å². The summed E-state index contributed by atoms with van der Waals surface area (Å²) in [4.78, 5) is 0. The standard InChI is InChI=1S/C17H35NO/c1-5-11-15(3)14-16(18-4)17(19-6-2)12-9-7-8-10-13-17/h15-16,18H,5-14H2,1-4H3. The molecule has 1 saturated carbocycles. The topological polar surface area (TPSA) is 21.3 Å². The highest BCUT2D eigenvalue weighted by Gasteiger charge is 2.39. The zero-order valence-corrected chi connectivity index (χ0v) is 13.6. The van der Waals surface area contributed by atoms with E-state index in [2.05, 4.69) is 33.1 Å². The van der Waals surface area contributed by atoms with Gasteiger partial charge in [-0.3, -0.25) is 0 Å². The fourth-order valence-corrected chi connectivity index (χ4v) is 3.82. The van der Waals surface area contributed by atoms with Crippen LogP contribution in [0.15, 0.2) is 0 Å². The van der Waals surface area contributed by atoms with Crippen molar-refractivity contribution in [1.82, 2.24) is 5.32 Å². The number of nitrogens with one attached hydrogen (secondary N) is 1. The van der Waals surface area contributed by atoms with Crippen LogP contribution in [0.2, 0.25) is 0 Å². The fraction of sp³-hybridized carbons (Fsp3) is 1.00. The quantitative estimate of drug-likeness (QED) is 0.654. The predicted molar refractivity (Wildman–Crippen MR) is 83.6 cm³/mol. The molecule has 0 aromatic carbocycles. The maximum atomic E-state index is 6.32. The zero-order chi connectivity index (χ0) is 14.1. The molecule has 0 aromatic heterocycles. The molecule has 0 spiro atoms. The van der Waals surface area contributed by atoms with Gasteiger partial charge in [0.1, 0.15) is 0 Å². The van der Waals surface area contributed by atoms with Crippen LogP contribution in [-0.2, 0) is 4.74 Å². The van der Waals surface area contributed by atoms with Gasteiger partial charge in [-0.1, -0.05) is 52.4 Å². The molecule has 1 rings (SSSR count). The van der Waals surface area contributed by atoms with Crippen molar-refractivity contribution < 1.29 is 4.74 Å². The van der Waals surface area contributed by atoms with Crippen molar-refractivity contribution in [2.24, 2.45) is 5.92 Å². The third-order valence-corrected chi connectivity index (χ3v) is 4.78. The lowest BCUT2D eigenvalue weighted by atomic mass is 9.80. The molecule has 2 unspecified atom stereocenters. The number of rotatable bonds is 8. The second-order valence-electron chi connectivity index (χ2n) is 6.38. The molecule has 19 heavy (non-hydrogen) atoms. The minimum atomic E-state index is 0.0992. The Bertz CT molecular complexity index is 221. The first-order valence-electron chi connectivity index (χ1n) is 8.49. The lowest BCUT2D eigenvalue weighted by Gasteiger charge is -2.41. The Morgan fingerprint density at radius 2 is 1.74 bits per heavy atom. The third-order valence-electron chi connectivity index (χ3n) is 4.78. The van der Waals surface area contributed by atoms with Crippen LogP contribution in [0.1, 0.15) is 78.6 Å². The molecular weight excluding hydrogens is 234 g/mol. The zero-order valence-electron chi connectivity index (χ0n) is 13.6. The van der Waals surface area contributed by atoms with Crippen LogP contribution < -0.4 is 5.32 Å². The predicted octanol–water partition coefficient (Wildman–Crippen LogP) is 4.53. The van der Waals surface area contributed by atoms with Gasteiger partial charge in [0, 0.05) is 12.6 Å². The molecule has 0 saturated heterocycles. The minimum absolute atomic E-state index is 0.0992. The molecule has 2 nitrogen and oxygen atoms in total. The first-order valence-corrected chi connectivity index (χ1v) is 8.49. The molecule has 1 aliphatic carbocycles. The molecule has 0 bridgehead atoms. The van der Waals surface area contributed by atoms with Crippen LogP contribution in [0.3, 0.4) is 0 Å². The van der Waals surface area contributed by atoms with Crippen LogP contribution in [0.5, 0.6) is 0 Å². The van der Waals surface area contributed by atoms with Crippen LogP contribution >= 0.6 is 0 Å². The summed E-state index contributed by atoms with van der Waals surface area (Å²) in [5, 5.41) is 3.59. The number of likely N-dealkylation sites (N-methyl/N-ethyl adjacent to an activating group) is 1. The van der Waals surface area contributed by atoms with E-state index in [1.165, 1.54) is 57.8 Å². The van der Waals surface area contributed by atoms with Crippen molar-refractivity contribution in [3.63, 3.8) is 0 Å². The Kier molecular flexibility index (Phi) is 8.01. The largest absolute Gasteiger partial charge is 0.374 e. The van der Waals surface area contributed by atoms with E-state index >= 15 is 0 Å². The van der Waals surface area contributed by atoms with E-state index in [-0.39, 0.29) is 5.60 Å². The summed E-state index contributed by atoms with van der Waals surface area (Å²) in [6.45, 7) is 7.67. The number of hydrogen-bond donors (Lipinski definition) is 1. The van der Waals surface area contributed by atoms with Gasteiger partial charge in [0.05, 0.1) is 5.60 Å². The van der Waals surface area contributed by atoms with Gasteiger partial charge in [0.25, 0.3) is 0 Å². The maximum Gasteiger partial charge on any atom is 0.0834 e. The molecule has 2 atom stereocenters. The average molecular weight is 269 g/mol. The Labute approximate surface area is 120 Å². The second-order valence-corrected chi connectivity index (χ2v) is 6.38. The van der Waals surface area contributed by atoms with Gasteiger partial charge < -0.3 is 10.1 Å². The van der Waals surface area contributed by atoms with E-state index in [0.717, 1.165) is 12.5 Å². The summed E-state index contributed by atoms with van der Waals surface area (Å²) in [6, 6.07) is 0.520. The van der Waals surface area contributed by atoms with Gasteiger partial charge in [0.15, 0.2) is 0 Å². The highest BCUT2D eigenvalue weighted by Crippen LogP contribution is 2.36. The summed E-state index contributed by atoms with van der Waals surface area (Å²) in [6.07, 6.45) is 11.8. The summed E-state index contributed by atoms with van der Waals surface area (Å²) in [5.74, 6) is 0.794. The summed E-state index contributed by atoms with van der Waals surface area (Å²) in [7, 11) is 2.12. The van der Waals surface area contributed by atoms with Gasteiger partial charge in [-0.05, 0) is 39.2 Å². The summed E-state index contributed by atoms with van der Waals surface area (Å²) in [5.41, 5.74) is 0.0992. The Hall–Kier alpha value is -0.0800. The van der Waals surface area contributed by atoms with Gasteiger partial charge in [-0.25, -0.2) is 0 Å². The maximum absolute atomic E-state index is 6.32. The minimum Gasteiger partial charge on any atom is -0.374 e. The van der Waals surface area contributed by atoms with Crippen molar-refractivity contribution in [3.8, 4) is 0 Å². The number of hydrogen-bond acceptors (Lipinski definition) is 2. The highest BCUT2D eigenvalue weighted by molar-refractivity contribution is 4.94. The van der Waals surface area contributed by atoms with E-state index < -0.39 is 0 Å². The molecular formula is C17H35NO. The normalized spacial score (nSPS) is 22.7. The van der Waals surface area contributed by atoms with Crippen molar-refractivity contribution in [3.05, 3.63) is 0 Å². The van der Waals surface area contributed by atoms with Crippen molar-refractivity contribution in [2.75, 3.05) is 13.7 Å². The van der Waals surface area contributed by atoms with Crippen molar-refractivity contribution in [1.29, 1.82) is 0 Å². The lowest BCUT2D eigenvalue weighted by molar-refractivity contribution is -0.0798. The summed E-state index contributed by atoms with van der Waals surface area (Å²) >= 11 is 0. The fourth-order valence-electron chi connectivity index (χ4n) is 3.82. The van der Waals surface area contributed by atoms with Gasteiger partial charge >= 0.3 is 0 Å². The van der Waals surface area contributed by atoms with E-state index in [0.29, 0.717) is 6.04 Å². The van der Waals surface area contributed by atoms with E-state index in [4.69, 9.17) is 4.74 Å². The van der Waals surface area contributed by atoms with Crippen LogP contribution in [-0.4, -0.2) is 25.3 Å². The first-order chi connectivity index (χ1) is 9.18. The van der Waals surface area contributed by atoms with Crippen LogP contribution in [0, 0.1) is 5.92 Å². The van der Waals surface area contributed by atoms with E-state index in [1.807, 2.05) is 0 Å². The molecule has 0 amide bonds. The molecule has 114 valence electrons. The van der Waals surface area contributed by atoms with Crippen molar-refractivity contribution >= 4 is 0 Å². The Morgan fingerprint density at radius 1 is 1.11 bits per heavy atom. The summed E-state index contributed by atoms with van der Waals surface area (Å²) < 4.78 is 6.32. The molecule has 0 aromatic rings.